The molecule has 0 bridgehead atoms. The highest BCUT2D eigenvalue weighted by Gasteiger charge is 2.20. The Kier molecular flexibility index (Phi) is 11.6. The van der Waals surface area contributed by atoms with Gasteiger partial charge in [-0.15, -0.1) is 0 Å². The maximum Gasteiger partial charge on any atom is 0.317 e. The highest BCUT2D eigenvalue weighted by molar-refractivity contribution is 5.82. The second-order valence-corrected chi connectivity index (χ2v) is 8.25. The van der Waals surface area contributed by atoms with Gasteiger partial charge in [0.2, 0.25) is 0 Å². The van der Waals surface area contributed by atoms with Gasteiger partial charge in [0.15, 0.2) is 0 Å². The number of aliphatic hydroxyl groups excluding tert-OH is 2. The van der Waals surface area contributed by atoms with Crippen molar-refractivity contribution >= 4 is 11.8 Å². The third-order valence-electron chi connectivity index (χ3n) is 5.12. The molecule has 9 nitrogen and oxygen atoms in total. The van der Waals surface area contributed by atoms with Gasteiger partial charge in [-0.25, -0.2) is 0 Å². The zero-order valence-corrected chi connectivity index (χ0v) is 18.4. The fourth-order valence-corrected chi connectivity index (χ4v) is 3.32. The monoisotopic (exact) mass is 426 g/mol. The molecular weight excluding hydrogens is 388 g/mol. The van der Waals surface area contributed by atoms with Crippen LogP contribution in [0.3, 0.4) is 0 Å². The molecule has 0 aromatic heterocycles. The number of aliphatic carboxylic acids is 1. The lowest BCUT2D eigenvalue weighted by molar-refractivity contribution is -0.138. The van der Waals surface area contributed by atoms with Crippen LogP contribution in [0.15, 0.2) is 24.7 Å². The maximum absolute atomic E-state index is 12.3. The first-order valence-electron chi connectivity index (χ1n) is 10.4. The standard InChI is InChI=1S/C21H38N4O5/c1-17(2)20(28)15-24-9-7-22(13-18(3)26)5-6-23(14-19(4)27)8-11-25(12-10-24)16-21(29)30/h17,26-27H,3-16H2,1-2H3,(H,29,30). The topological polar surface area (TPSA) is 108 Å². The summed E-state index contributed by atoms with van der Waals surface area (Å²) < 4.78 is 0. The van der Waals surface area contributed by atoms with E-state index in [-0.39, 0.29) is 29.8 Å². The Morgan fingerprint density at radius 1 is 0.667 bits per heavy atom. The van der Waals surface area contributed by atoms with E-state index in [1.807, 2.05) is 23.6 Å². The quantitative estimate of drug-likeness (QED) is 0.458. The third kappa shape index (κ3) is 11.3. The summed E-state index contributed by atoms with van der Waals surface area (Å²) >= 11 is 0. The van der Waals surface area contributed by atoms with Crippen molar-refractivity contribution in [2.45, 2.75) is 13.8 Å². The van der Waals surface area contributed by atoms with Crippen molar-refractivity contribution in [1.82, 2.24) is 19.6 Å². The lowest BCUT2D eigenvalue weighted by Gasteiger charge is -2.33. The molecule has 1 heterocycles. The molecule has 0 saturated carbocycles. The van der Waals surface area contributed by atoms with Crippen molar-refractivity contribution < 1.29 is 24.9 Å². The van der Waals surface area contributed by atoms with Crippen molar-refractivity contribution in [1.29, 1.82) is 0 Å². The van der Waals surface area contributed by atoms with Crippen molar-refractivity contribution in [2.24, 2.45) is 5.92 Å². The molecule has 1 saturated heterocycles. The number of nitrogens with zero attached hydrogens (tertiary/aromatic N) is 4. The molecule has 1 fully saturated rings. The lowest BCUT2D eigenvalue weighted by Crippen LogP contribution is -2.48. The first kappa shape index (κ1) is 26.1. The van der Waals surface area contributed by atoms with E-state index in [1.165, 1.54) is 0 Å². The second-order valence-electron chi connectivity index (χ2n) is 8.25. The Morgan fingerprint density at radius 2 is 0.967 bits per heavy atom. The third-order valence-corrected chi connectivity index (χ3v) is 5.12. The van der Waals surface area contributed by atoms with E-state index in [0.29, 0.717) is 72.0 Å². The molecule has 0 aromatic carbocycles. The van der Waals surface area contributed by atoms with Crippen LogP contribution in [0.5, 0.6) is 0 Å². The number of hydrogen-bond donors (Lipinski definition) is 3. The molecule has 3 N–H and O–H groups in total. The average molecular weight is 427 g/mol. The minimum Gasteiger partial charge on any atom is -0.512 e. The fourth-order valence-electron chi connectivity index (χ4n) is 3.32. The summed E-state index contributed by atoms with van der Waals surface area (Å²) in [6, 6.07) is 0. The van der Waals surface area contributed by atoms with Gasteiger partial charge in [0.05, 0.1) is 37.7 Å². The number of carbonyl (C=O) groups excluding carboxylic acids is 1. The first-order chi connectivity index (χ1) is 14.1. The van der Waals surface area contributed by atoms with Crippen molar-refractivity contribution in [2.75, 3.05) is 78.5 Å². The first-order valence-corrected chi connectivity index (χ1v) is 10.4. The number of carboxylic acid groups (broad SMARTS) is 1. The molecule has 0 aliphatic carbocycles. The van der Waals surface area contributed by atoms with Crippen molar-refractivity contribution in [3.05, 3.63) is 24.7 Å². The van der Waals surface area contributed by atoms with Crippen LogP contribution in [0.25, 0.3) is 0 Å². The molecular formula is C21H38N4O5. The number of hydrogen-bond acceptors (Lipinski definition) is 8. The van der Waals surface area contributed by atoms with Gasteiger partial charge in [0, 0.05) is 58.3 Å². The van der Waals surface area contributed by atoms with E-state index in [0.717, 1.165) is 0 Å². The van der Waals surface area contributed by atoms with E-state index < -0.39 is 5.97 Å². The highest BCUT2D eigenvalue weighted by Crippen LogP contribution is 2.05. The van der Waals surface area contributed by atoms with Gasteiger partial charge in [-0.3, -0.25) is 29.2 Å². The zero-order valence-electron chi connectivity index (χ0n) is 18.4. The van der Waals surface area contributed by atoms with Gasteiger partial charge in [-0.1, -0.05) is 27.0 Å². The van der Waals surface area contributed by atoms with Crippen molar-refractivity contribution in [3.63, 3.8) is 0 Å². The molecule has 1 rings (SSSR count). The summed E-state index contributed by atoms with van der Waals surface area (Å²) in [4.78, 5) is 31.6. The average Bonchev–Trinajstić information content (AvgIpc) is 2.62. The molecule has 0 aromatic rings. The minimum atomic E-state index is -0.891. The van der Waals surface area contributed by atoms with Gasteiger partial charge in [-0.2, -0.15) is 0 Å². The molecule has 30 heavy (non-hydrogen) atoms. The Bertz CT molecular complexity index is 564. The lowest BCUT2D eigenvalue weighted by atomic mass is 10.1. The molecule has 0 atom stereocenters. The van der Waals surface area contributed by atoms with Crippen LogP contribution in [-0.2, 0) is 9.59 Å². The van der Waals surface area contributed by atoms with Crippen LogP contribution in [0.2, 0.25) is 0 Å². The Balaban J connectivity index is 2.95. The molecule has 0 spiro atoms. The van der Waals surface area contributed by atoms with Crippen LogP contribution >= 0.6 is 0 Å². The highest BCUT2D eigenvalue weighted by atomic mass is 16.4. The van der Waals surface area contributed by atoms with Crippen LogP contribution in [0.4, 0.5) is 0 Å². The summed E-state index contributed by atoms with van der Waals surface area (Å²) in [7, 11) is 0. The fraction of sp³-hybridized carbons (Fsp3) is 0.714. The smallest absolute Gasteiger partial charge is 0.317 e. The molecule has 9 heteroatoms. The Morgan fingerprint density at radius 3 is 1.23 bits per heavy atom. The van der Waals surface area contributed by atoms with Gasteiger partial charge in [0.1, 0.15) is 5.78 Å². The van der Waals surface area contributed by atoms with Crippen LogP contribution in [-0.4, -0.2) is 125 Å². The number of aliphatic hydroxyl groups is 2. The Hall–Kier alpha value is -1.94. The molecule has 1 aliphatic heterocycles. The maximum atomic E-state index is 12.3. The van der Waals surface area contributed by atoms with Gasteiger partial charge < -0.3 is 15.3 Å². The summed E-state index contributed by atoms with van der Waals surface area (Å²) in [5.74, 6) is -0.661. The number of carbonyl (C=O) groups is 2. The summed E-state index contributed by atoms with van der Waals surface area (Å²) in [5, 5.41) is 28.6. The van der Waals surface area contributed by atoms with Gasteiger partial charge in [0.25, 0.3) is 0 Å². The predicted molar refractivity (Wildman–Crippen MR) is 117 cm³/mol. The van der Waals surface area contributed by atoms with E-state index >= 15 is 0 Å². The van der Waals surface area contributed by atoms with Gasteiger partial charge in [-0.05, 0) is 0 Å². The molecule has 0 unspecified atom stereocenters. The normalized spacial score (nSPS) is 19.2. The SMILES string of the molecule is C=C(O)CN1CCN(CC(=C)O)CCN(CC(=O)C(C)C)CCN(CC(=O)O)CC1. The summed E-state index contributed by atoms with van der Waals surface area (Å²) in [6.45, 7) is 16.5. The van der Waals surface area contributed by atoms with E-state index in [9.17, 15) is 24.9 Å². The van der Waals surface area contributed by atoms with Gasteiger partial charge >= 0.3 is 5.97 Å². The largest absolute Gasteiger partial charge is 0.512 e. The number of rotatable bonds is 9. The molecule has 0 amide bonds. The van der Waals surface area contributed by atoms with Crippen LogP contribution in [0, 0.1) is 5.92 Å². The number of ketones is 1. The summed E-state index contributed by atoms with van der Waals surface area (Å²) in [5.41, 5.74) is 0. The Labute approximate surface area is 179 Å². The predicted octanol–water partition coefficient (Wildman–Crippen LogP) is 0.661. The number of carboxylic acids is 1. The minimum absolute atomic E-state index is 0.0587. The second kappa shape index (κ2) is 13.4. The summed E-state index contributed by atoms with van der Waals surface area (Å²) in [6.07, 6.45) is 0. The molecule has 0 radical (unpaired) electrons. The molecule has 1 aliphatic rings. The zero-order chi connectivity index (χ0) is 22.7. The van der Waals surface area contributed by atoms with E-state index in [2.05, 4.69) is 23.0 Å². The van der Waals surface area contributed by atoms with Crippen molar-refractivity contribution in [3.8, 4) is 0 Å². The van der Waals surface area contributed by atoms with Crippen LogP contribution in [0.1, 0.15) is 13.8 Å². The van der Waals surface area contributed by atoms with Crippen LogP contribution < -0.4 is 0 Å². The van der Waals surface area contributed by atoms with E-state index in [1.54, 1.807) is 0 Å². The number of Topliss-reactive ketones (excluding diaryl/α,β-unsaturated/α-hetero) is 1. The van der Waals surface area contributed by atoms with E-state index in [4.69, 9.17) is 0 Å². The molecule has 172 valence electrons.